The van der Waals surface area contributed by atoms with Crippen LogP contribution in [0.2, 0.25) is 0 Å². The lowest BCUT2D eigenvalue weighted by molar-refractivity contribution is -0.432. The van der Waals surface area contributed by atoms with Crippen molar-refractivity contribution in [2.45, 2.75) is 23.6 Å². The van der Waals surface area contributed by atoms with Gasteiger partial charge in [0.2, 0.25) is 0 Å². The number of methoxy groups -OCH3 is 1. The number of rotatable bonds is 9. The van der Waals surface area contributed by atoms with Crippen LogP contribution in [0, 0.1) is 13.8 Å². The summed E-state index contributed by atoms with van der Waals surface area (Å²) in [6.45, 7) is 3.80. The van der Waals surface area contributed by atoms with Crippen molar-refractivity contribution in [3.63, 3.8) is 0 Å². The fourth-order valence-corrected chi connectivity index (χ4v) is 4.66. The van der Waals surface area contributed by atoms with Gasteiger partial charge in [-0.15, -0.1) is 9.45 Å². The first-order valence-electron chi connectivity index (χ1n) is 11.0. The van der Waals surface area contributed by atoms with Crippen LogP contribution in [0.15, 0.2) is 97.0 Å². The van der Waals surface area contributed by atoms with E-state index in [0.717, 1.165) is 11.1 Å². The van der Waals surface area contributed by atoms with Crippen molar-refractivity contribution in [3.8, 4) is 5.75 Å². The first kappa shape index (κ1) is 27.3. The molecule has 11 nitrogen and oxygen atoms in total. The second-order valence-corrected chi connectivity index (χ2v) is 10.2. The number of hydrogen-bond acceptors (Lipinski definition) is 11. The maximum absolute atomic E-state index is 12.1. The van der Waals surface area contributed by atoms with Crippen molar-refractivity contribution >= 4 is 55.7 Å². The van der Waals surface area contributed by atoms with Gasteiger partial charge in [-0.05, 0) is 67.3 Å². The first-order chi connectivity index (χ1) is 18.2. The normalized spacial score (nSPS) is 12.1. The van der Waals surface area contributed by atoms with Crippen molar-refractivity contribution in [3.05, 3.63) is 77.9 Å². The molecule has 0 saturated carbocycles. The maximum Gasteiger partial charge on any atom is 0.295 e. The van der Waals surface area contributed by atoms with E-state index < -0.39 is 10.1 Å². The molecular formula is C25H22N4O7S2. The van der Waals surface area contributed by atoms with Crippen molar-refractivity contribution in [2.75, 3.05) is 7.11 Å². The van der Waals surface area contributed by atoms with Gasteiger partial charge in [0.15, 0.2) is 0 Å². The highest BCUT2D eigenvalue weighted by molar-refractivity contribution is 7.94. The average Bonchev–Trinajstić information content (AvgIpc) is 2.89. The second kappa shape index (κ2) is 11.8. The molecule has 0 aromatic heterocycles. The Balaban J connectivity index is 1.69. The summed E-state index contributed by atoms with van der Waals surface area (Å²) in [5.41, 5.74) is 3.68. The monoisotopic (exact) mass is 554 g/mol. The SMILES string of the molecule is COc1cc(N=Nc2cc(S(=O)(=O)O)c3ccc(SOOO)cc3c2)c(C)cc1N=Nc1ccc(C)cc1. The van der Waals surface area contributed by atoms with E-state index in [1.807, 2.05) is 38.1 Å². The van der Waals surface area contributed by atoms with Gasteiger partial charge in [0.05, 0.1) is 36.2 Å². The Kier molecular flexibility index (Phi) is 8.46. The van der Waals surface area contributed by atoms with Crippen LogP contribution < -0.4 is 4.74 Å². The van der Waals surface area contributed by atoms with Gasteiger partial charge < -0.3 is 4.74 Å². The first-order valence-corrected chi connectivity index (χ1v) is 13.1. The van der Waals surface area contributed by atoms with Crippen molar-refractivity contribution in [1.82, 2.24) is 0 Å². The highest BCUT2D eigenvalue weighted by Gasteiger charge is 2.17. The fraction of sp³-hybridized carbons (Fsp3) is 0.120. The van der Waals surface area contributed by atoms with E-state index in [-0.39, 0.29) is 16.0 Å². The predicted octanol–water partition coefficient (Wildman–Crippen LogP) is 7.97. The van der Waals surface area contributed by atoms with Crippen LogP contribution >= 0.6 is 12.0 Å². The predicted molar refractivity (Wildman–Crippen MR) is 142 cm³/mol. The zero-order valence-corrected chi connectivity index (χ0v) is 22.0. The topological polar surface area (TPSA) is 152 Å². The molecule has 196 valence electrons. The van der Waals surface area contributed by atoms with Crippen LogP contribution in [0.3, 0.4) is 0 Å². The van der Waals surface area contributed by atoms with Gasteiger partial charge in [-0.3, -0.25) is 4.55 Å². The van der Waals surface area contributed by atoms with E-state index in [1.54, 1.807) is 24.3 Å². The molecular weight excluding hydrogens is 532 g/mol. The smallest absolute Gasteiger partial charge is 0.295 e. The van der Waals surface area contributed by atoms with E-state index in [2.05, 4.69) is 29.8 Å². The Morgan fingerprint density at radius 3 is 2.21 bits per heavy atom. The molecule has 0 atom stereocenters. The molecule has 0 bridgehead atoms. The molecule has 0 aliphatic carbocycles. The van der Waals surface area contributed by atoms with Gasteiger partial charge in [-0.2, -0.15) is 23.8 Å². The molecule has 0 amide bonds. The highest BCUT2D eigenvalue weighted by atomic mass is 32.2. The van der Waals surface area contributed by atoms with Gasteiger partial charge >= 0.3 is 0 Å². The van der Waals surface area contributed by atoms with E-state index in [9.17, 15) is 13.0 Å². The summed E-state index contributed by atoms with van der Waals surface area (Å²) in [4.78, 5) is 0.166. The Labute approximate surface area is 222 Å². The standard InChI is InChI=1S/C25H22N4O7S2/c1-15-4-6-18(7-5-15)26-29-23-10-16(2)22(14-24(23)34-3)28-27-19-11-17-12-20(37-36-35-30)8-9-21(17)25(13-19)38(31,32)33/h4-14,30H,1-3H3,(H,31,32,33). The Morgan fingerprint density at radius 2 is 1.53 bits per heavy atom. The van der Waals surface area contributed by atoms with Gasteiger partial charge in [0.25, 0.3) is 10.1 Å². The highest BCUT2D eigenvalue weighted by Crippen LogP contribution is 2.37. The number of hydrogen-bond donors (Lipinski definition) is 2. The van der Waals surface area contributed by atoms with E-state index >= 15 is 0 Å². The lowest BCUT2D eigenvalue weighted by atomic mass is 10.1. The quantitative estimate of drug-likeness (QED) is 0.0694. The van der Waals surface area contributed by atoms with Gasteiger partial charge in [0, 0.05) is 16.3 Å². The van der Waals surface area contributed by atoms with Crippen LogP contribution in [0.4, 0.5) is 22.7 Å². The molecule has 0 fully saturated rings. The zero-order chi connectivity index (χ0) is 27.3. The summed E-state index contributed by atoms with van der Waals surface area (Å²) in [5, 5.41) is 29.7. The Morgan fingerprint density at radius 1 is 0.816 bits per heavy atom. The Bertz CT molecular complexity index is 1640. The molecule has 0 unspecified atom stereocenters. The van der Waals surface area contributed by atoms with E-state index in [1.165, 1.54) is 25.3 Å². The van der Waals surface area contributed by atoms with Gasteiger partial charge in [0.1, 0.15) is 16.3 Å². The molecule has 4 aromatic carbocycles. The van der Waals surface area contributed by atoms with E-state index in [4.69, 9.17) is 9.99 Å². The van der Waals surface area contributed by atoms with Crippen LogP contribution in [0.5, 0.6) is 5.75 Å². The number of fused-ring (bicyclic) bond motifs is 1. The second-order valence-electron chi connectivity index (χ2n) is 8.07. The summed E-state index contributed by atoms with van der Waals surface area (Å²) >= 11 is 0.706. The largest absolute Gasteiger partial charge is 0.494 e. The number of ether oxygens (including phenoxy) is 1. The van der Waals surface area contributed by atoms with Crippen LogP contribution in [0.25, 0.3) is 10.8 Å². The molecule has 0 radical (unpaired) electrons. The lowest BCUT2D eigenvalue weighted by Crippen LogP contribution is -1.99. The lowest BCUT2D eigenvalue weighted by Gasteiger charge is -2.08. The third kappa shape index (κ3) is 6.58. The molecule has 2 N–H and O–H groups in total. The maximum atomic E-state index is 12.1. The number of azo groups is 2. The van der Waals surface area contributed by atoms with Gasteiger partial charge in [-0.25, -0.2) is 5.26 Å². The minimum Gasteiger partial charge on any atom is -0.494 e. The van der Waals surface area contributed by atoms with Crippen LogP contribution in [-0.2, 0) is 19.5 Å². The summed E-state index contributed by atoms with van der Waals surface area (Å²) < 4.78 is 43.8. The molecule has 13 heteroatoms. The Hall–Kier alpha value is -3.72. The number of nitrogens with zero attached hydrogens (tertiary/aromatic N) is 4. The summed E-state index contributed by atoms with van der Waals surface area (Å²) in [7, 11) is -3.07. The van der Waals surface area contributed by atoms with Crippen LogP contribution in [-0.4, -0.2) is 25.3 Å². The molecule has 0 aliphatic rings. The minimum absolute atomic E-state index is 0.174. The van der Waals surface area contributed by atoms with Crippen molar-refractivity contribution < 1.29 is 32.3 Å². The number of aryl methyl sites for hydroxylation is 2. The molecule has 0 heterocycles. The summed E-state index contributed by atoms with van der Waals surface area (Å²) in [6, 6.07) is 18.4. The fourth-order valence-electron chi connectivity index (χ4n) is 3.52. The number of benzene rings is 4. The summed E-state index contributed by atoms with van der Waals surface area (Å²) in [5.74, 6) is 0.422. The molecule has 38 heavy (non-hydrogen) atoms. The zero-order valence-electron chi connectivity index (χ0n) is 20.4. The third-order valence-corrected chi connectivity index (χ3v) is 6.86. The van der Waals surface area contributed by atoms with Crippen LogP contribution in [0.1, 0.15) is 11.1 Å². The van der Waals surface area contributed by atoms with E-state index in [0.29, 0.717) is 45.1 Å². The molecule has 4 rings (SSSR count). The molecule has 0 aliphatic heterocycles. The average molecular weight is 555 g/mol. The van der Waals surface area contributed by atoms with Crippen molar-refractivity contribution in [2.24, 2.45) is 20.5 Å². The molecule has 0 spiro atoms. The molecule has 0 saturated heterocycles. The molecule has 4 aromatic rings. The van der Waals surface area contributed by atoms with Gasteiger partial charge in [-0.1, -0.05) is 28.8 Å². The van der Waals surface area contributed by atoms with Crippen molar-refractivity contribution in [1.29, 1.82) is 0 Å². The minimum atomic E-state index is -4.57. The summed E-state index contributed by atoms with van der Waals surface area (Å²) in [6.07, 6.45) is 0. The third-order valence-electron chi connectivity index (χ3n) is 5.39.